The number of aryl methyl sites for hydroxylation is 1. The molecule has 18 heavy (non-hydrogen) atoms. The van der Waals surface area contributed by atoms with Crippen molar-refractivity contribution in [2.75, 3.05) is 7.05 Å². The lowest BCUT2D eigenvalue weighted by molar-refractivity contribution is 0.286. The van der Waals surface area contributed by atoms with E-state index in [2.05, 4.69) is 10.3 Å². The Morgan fingerprint density at radius 1 is 1.44 bits per heavy atom. The number of halogens is 1. The molecular weight excluding hydrogens is 251 g/mol. The minimum absolute atomic E-state index is 0.276. The monoisotopic (exact) mass is 266 g/mol. The number of hydrogen-bond acceptors (Lipinski definition) is 4. The smallest absolute Gasteiger partial charge is 0.165 e. The Labute approximate surface area is 110 Å². The first kappa shape index (κ1) is 13.0. The highest BCUT2D eigenvalue weighted by Gasteiger charge is 2.06. The summed E-state index contributed by atoms with van der Waals surface area (Å²) in [7, 11) is 1.87. The number of benzene rings is 1. The van der Waals surface area contributed by atoms with E-state index in [1.54, 1.807) is 23.5 Å². The standard InChI is InChI=1S/C13H15FN2OS/c1-9-3-4-11(14)12(5-9)17-7-10-8-18-13(16-10)6-15-2/h3-5,8,15H,6-7H2,1-2H3. The Bertz CT molecular complexity index is 527. The average molecular weight is 266 g/mol. The molecule has 0 bridgehead atoms. The van der Waals surface area contributed by atoms with Gasteiger partial charge in [-0.1, -0.05) is 6.07 Å². The highest BCUT2D eigenvalue weighted by molar-refractivity contribution is 7.09. The normalized spacial score (nSPS) is 10.6. The second-order valence-electron chi connectivity index (χ2n) is 3.99. The third-order valence-corrected chi connectivity index (χ3v) is 3.29. The largest absolute Gasteiger partial charge is 0.484 e. The Morgan fingerprint density at radius 2 is 2.28 bits per heavy atom. The summed E-state index contributed by atoms with van der Waals surface area (Å²) in [6.07, 6.45) is 0. The molecular formula is C13H15FN2OS. The fraction of sp³-hybridized carbons (Fsp3) is 0.308. The van der Waals surface area contributed by atoms with Gasteiger partial charge in [0.1, 0.15) is 11.6 Å². The third-order valence-electron chi connectivity index (χ3n) is 2.39. The molecule has 0 atom stereocenters. The van der Waals surface area contributed by atoms with Gasteiger partial charge in [-0.25, -0.2) is 9.37 Å². The van der Waals surface area contributed by atoms with Crippen molar-refractivity contribution in [3.8, 4) is 5.75 Å². The molecule has 0 saturated carbocycles. The van der Waals surface area contributed by atoms with Gasteiger partial charge in [0.2, 0.25) is 0 Å². The van der Waals surface area contributed by atoms with Gasteiger partial charge in [-0.05, 0) is 31.7 Å². The van der Waals surface area contributed by atoms with Gasteiger partial charge in [0.15, 0.2) is 11.6 Å². The van der Waals surface area contributed by atoms with Crippen LogP contribution in [0.3, 0.4) is 0 Å². The van der Waals surface area contributed by atoms with Crippen LogP contribution in [-0.2, 0) is 13.2 Å². The van der Waals surface area contributed by atoms with Crippen molar-refractivity contribution in [3.63, 3.8) is 0 Å². The van der Waals surface area contributed by atoms with Crippen LogP contribution in [0.25, 0.3) is 0 Å². The van der Waals surface area contributed by atoms with Crippen LogP contribution in [0.2, 0.25) is 0 Å². The lowest BCUT2D eigenvalue weighted by Gasteiger charge is -2.06. The van der Waals surface area contributed by atoms with E-state index in [0.717, 1.165) is 22.8 Å². The summed E-state index contributed by atoms with van der Waals surface area (Å²) in [6.45, 7) is 2.93. The molecule has 0 saturated heterocycles. The zero-order valence-corrected chi connectivity index (χ0v) is 11.2. The van der Waals surface area contributed by atoms with Crippen molar-refractivity contribution in [3.05, 3.63) is 45.7 Å². The number of aromatic nitrogens is 1. The predicted molar refractivity (Wildman–Crippen MR) is 70.3 cm³/mol. The Balaban J connectivity index is 1.99. The van der Waals surface area contributed by atoms with E-state index in [4.69, 9.17) is 4.74 Å². The van der Waals surface area contributed by atoms with Gasteiger partial charge < -0.3 is 10.1 Å². The number of rotatable bonds is 5. The molecule has 0 unspecified atom stereocenters. The van der Waals surface area contributed by atoms with Crippen LogP contribution in [0, 0.1) is 12.7 Å². The van der Waals surface area contributed by atoms with E-state index >= 15 is 0 Å². The molecule has 1 aromatic carbocycles. The van der Waals surface area contributed by atoms with Gasteiger partial charge in [-0.15, -0.1) is 11.3 Å². The van der Waals surface area contributed by atoms with Gasteiger partial charge in [-0.3, -0.25) is 0 Å². The minimum Gasteiger partial charge on any atom is -0.484 e. The summed E-state index contributed by atoms with van der Waals surface area (Å²) in [5, 5.41) is 5.97. The molecule has 0 aliphatic rings. The number of hydrogen-bond donors (Lipinski definition) is 1. The summed E-state index contributed by atoms with van der Waals surface area (Å²) in [5.74, 6) is -0.0653. The first-order valence-electron chi connectivity index (χ1n) is 5.66. The van der Waals surface area contributed by atoms with Crippen LogP contribution in [0.5, 0.6) is 5.75 Å². The zero-order valence-electron chi connectivity index (χ0n) is 10.4. The van der Waals surface area contributed by atoms with Gasteiger partial charge in [0.25, 0.3) is 0 Å². The van der Waals surface area contributed by atoms with E-state index < -0.39 is 0 Å². The molecule has 2 rings (SSSR count). The number of nitrogens with zero attached hydrogens (tertiary/aromatic N) is 1. The predicted octanol–water partition coefficient (Wildman–Crippen LogP) is 2.89. The van der Waals surface area contributed by atoms with Crippen molar-refractivity contribution in [2.45, 2.75) is 20.1 Å². The summed E-state index contributed by atoms with van der Waals surface area (Å²) in [4.78, 5) is 4.38. The van der Waals surface area contributed by atoms with Crippen LogP contribution < -0.4 is 10.1 Å². The maximum absolute atomic E-state index is 13.4. The van der Waals surface area contributed by atoms with Crippen molar-refractivity contribution < 1.29 is 9.13 Å². The van der Waals surface area contributed by atoms with Crippen LogP contribution >= 0.6 is 11.3 Å². The summed E-state index contributed by atoms with van der Waals surface area (Å²) < 4.78 is 18.9. The van der Waals surface area contributed by atoms with Crippen molar-refractivity contribution >= 4 is 11.3 Å². The second kappa shape index (κ2) is 5.93. The maximum Gasteiger partial charge on any atom is 0.165 e. The van der Waals surface area contributed by atoms with E-state index in [9.17, 15) is 4.39 Å². The highest BCUT2D eigenvalue weighted by atomic mass is 32.1. The maximum atomic E-state index is 13.4. The average Bonchev–Trinajstić information content (AvgIpc) is 2.79. The Kier molecular flexibility index (Phi) is 4.28. The van der Waals surface area contributed by atoms with E-state index in [0.29, 0.717) is 6.61 Å². The van der Waals surface area contributed by atoms with E-state index in [1.807, 2.05) is 19.4 Å². The lowest BCUT2D eigenvalue weighted by atomic mass is 10.2. The van der Waals surface area contributed by atoms with Crippen molar-refractivity contribution in [2.24, 2.45) is 0 Å². The minimum atomic E-state index is -0.341. The van der Waals surface area contributed by atoms with Gasteiger partial charge in [-0.2, -0.15) is 0 Å². The number of nitrogens with one attached hydrogen (secondary N) is 1. The molecule has 1 aromatic heterocycles. The van der Waals surface area contributed by atoms with Crippen LogP contribution in [0.15, 0.2) is 23.6 Å². The topological polar surface area (TPSA) is 34.2 Å². The fourth-order valence-electron chi connectivity index (χ4n) is 1.52. The second-order valence-corrected chi connectivity index (χ2v) is 4.93. The van der Waals surface area contributed by atoms with Gasteiger partial charge >= 0.3 is 0 Å². The molecule has 3 nitrogen and oxygen atoms in total. The highest BCUT2D eigenvalue weighted by Crippen LogP contribution is 2.20. The molecule has 1 heterocycles. The first-order chi connectivity index (χ1) is 8.69. The summed E-state index contributed by atoms with van der Waals surface area (Å²) in [5.41, 5.74) is 1.80. The van der Waals surface area contributed by atoms with Crippen molar-refractivity contribution in [1.82, 2.24) is 10.3 Å². The molecule has 0 aliphatic carbocycles. The van der Waals surface area contributed by atoms with Crippen LogP contribution in [-0.4, -0.2) is 12.0 Å². The fourth-order valence-corrected chi connectivity index (χ4v) is 2.31. The van der Waals surface area contributed by atoms with E-state index in [1.165, 1.54) is 6.07 Å². The SMILES string of the molecule is CNCc1nc(COc2cc(C)ccc2F)cs1. The molecule has 2 aromatic rings. The van der Waals surface area contributed by atoms with Crippen molar-refractivity contribution in [1.29, 1.82) is 0 Å². The first-order valence-corrected chi connectivity index (χ1v) is 6.54. The van der Waals surface area contributed by atoms with E-state index in [-0.39, 0.29) is 11.6 Å². The summed E-state index contributed by atoms with van der Waals surface area (Å²) >= 11 is 1.57. The molecule has 0 aliphatic heterocycles. The van der Waals surface area contributed by atoms with Crippen LogP contribution in [0.4, 0.5) is 4.39 Å². The molecule has 0 fully saturated rings. The molecule has 0 amide bonds. The summed E-state index contributed by atoms with van der Waals surface area (Å²) in [6, 6.07) is 4.82. The third kappa shape index (κ3) is 3.27. The zero-order chi connectivity index (χ0) is 13.0. The molecule has 96 valence electrons. The number of thiazole rings is 1. The quantitative estimate of drug-likeness (QED) is 0.903. The van der Waals surface area contributed by atoms with Gasteiger partial charge in [0, 0.05) is 11.9 Å². The molecule has 1 N–H and O–H groups in total. The number of ether oxygens (including phenoxy) is 1. The molecule has 0 spiro atoms. The Hall–Kier alpha value is -1.46. The Morgan fingerprint density at radius 3 is 3.06 bits per heavy atom. The van der Waals surface area contributed by atoms with Crippen LogP contribution in [0.1, 0.15) is 16.3 Å². The lowest BCUT2D eigenvalue weighted by Crippen LogP contribution is -2.05. The molecule has 0 radical (unpaired) electrons. The van der Waals surface area contributed by atoms with Gasteiger partial charge in [0.05, 0.1) is 5.69 Å². The molecule has 5 heteroatoms.